The van der Waals surface area contributed by atoms with Crippen molar-refractivity contribution in [3.8, 4) is 16.3 Å². The summed E-state index contributed by atoms with van der Waals surface area (Å²) >= 11 is 1.66. The number of hydrogen-bond acceptors (Lipinski definition) is 5. The van der Waals surface area contributed by atoms with Crippen LogP contribution in [0.15, 0.2) is 29.6 Å². The van der Waals surface area contributed by atoms with Crippen molar-refractivity contribution in [2.75, 3.05) is 26.4 Å². The van der Waals surface area contributed by atoms with Crippen LogP contribution in [-0.4, -0.2) is 36.5 Å². The molecule has 124 valence electrons. The van der Waals surface area contributed by atoms with Crippen LogP contribution in [0.3, 0.4) is 0 Å². The molecule has 3 rings (SSSR count). The van der Waals surface area contributed by atoms with E-state index in [2.05, 4.69) is 26.2 Å². The molecule has 5 heteroatoms. The Kier molecular flexibility index (Phi) is 4.45. The highest BCUT2D eigenvalue weighted by Gasteiger charge is 2.39. The van der Waals surface area contributed by atoms with Crippen LogP contribution < -0.4 is 4.74 Å². The van der Waals surface area contributed by atoms with Crippen LogP contribution in [-0.2, 0) is 10.2 Å². The van der Waals surface area contributed by atoms with E-state index in [1.54, 1.807) is 11.3 Å². The zero-order valence-electron chi connectivity index (χ0n) is 13.8. The molecule has 1 fully saturated rings. The van der Waals surface area contributed by atoms with Gasteiger partial charge in [-0.3, -0.25) is 0 Å². The van der Waals surface area contributed by atoms with Crippen molar-refractivity contribution in [1.29, 1.82) is 0 Å². The Bertz CT molecular complexity index is 665. The second kappa shape index (κ2) is 6.23. The van der Waals surface area contributed by atoms with Crippen molar-refractivity contribution in [3.63, 3.8) is 0 Å². The van der Waals surface area contributed by atoms with Crippen LogP contribution in [0.4, 0.5) is 0 Å². The molecule has 0 saturated carbocycles. The molecule has 2 heterocycles. The second-order valence-electron chi connectivity index (χ2n) is 7.26. The van der Waals surface area contributed by atoms with Crippen molar-refractivity contribution >= 4 is 11.3 Å². The maximum absolute atomic E-state index is 9.46. The average Bonchev–Trinajstić information content (AvgIpc) is 2.97. The normalized spacial score (nSPS) is 16.9. The van der Waals surface area contributed by atoms with E-state index in [-0.39, 0.29) is 17.4 Å². The Labute approximate surface area is 141 Å². The molecule has 0 unspecified atom stereocenters. The summed E-state index contributed by atoms with van der Waals surface area (Å²) in [6, 6.07) is 7.97. The van der Waals surface area contributed by atoms with Crippen LogP contribution in [0, 0.1) is 5.41 Å². The Morgan fingerprint density at radius 3 is 2.70 bits per heavy atom. The molecule has 23 heavy (non-hydrogen) atoms. The van der Waals surface area contributed by atoms with Gasteiger partial charge in [0, 0.05) is 16.4 Å². The number of ether oxygens (including phenoxy) is 2. The Morgan fingerprint density at radius 1 is 1.35 bits per heavy atom. The molecule has 1 N–H and O–H groups in total. The zero-order chi connectivity index (χ0) is 16.5. The molecule has 0 amide bonds. The Hall–Kier alpha value is -1.43. The third kappa shape index (κ3) is 3.57. The van der Waals surface area contributed by atoms with Gasteiger partial charge in [0.1, 0.15) is 17.4 Å². The molecule has 4 nitrogen and oxygen atoms in total. The lowest BCUT2D eigenvalue weighted by atomic mass is 9.88. The van der Waals surface area contributed by atoms with Crippen LogP contribution >= 0.6 is 11.3 Å². The monoisotopic (exact) mass is 333 g/mol. The topological polar surface area (TPSA) is 51.6 Å². The first kappa shape index (κ1) is 16.4. The van der Waals surface area contributed by atoms with Crippen LogP contribution in [0.2, 0.25) is 0 Å². The lowest BCUT2D eigenvalue weighted by Gasteiger charge is -2.39. The standard InChI is InChI=1S/C18H23NO3S/c1-17(2,3)15-8-23-16(19-15)13-5-4-6-14(7-13)22-12-18(9-20)10-21-11-18/h4-8,20H,9-12H2,1-3H3. The molecule has 1 aromatic carbocycles. The molecular weight excluding hydrogens is 310 g/mol. The minimum absolute atomic E-state index is 0.0561. The third-order valence-corrected chi connectivity index (χ3v) is 4.94. The molecule has 0 radical (unpaired) electrons. The molecule has 1 aliphatic heterocycles. The van der Waals surface area contributed by atoms with Crippen molar-refractivity contribution in [1.82, 2.24) is 4.98 Å². The predicted octanol–water partition coefficient (Wildman–Crippen LogP) is 3.50. The SMILES string of the molecule is CC(C)(C)c1csc(-c2cccc(OCC3(CO)COC3)c2)n1. The first-order valence-corrected chi connectivity index (χ1v) is 8.68. The van der Waals surface area contributed by atoms with E-state index in [0.29, 0.717) is 19.8 Å². The van der Waals surface area contributed by atoms with Gasteiger partial charge in [-0.05, 0) is 12.1 Å². The number of benzene rings is 1. The first-order chi connectivity index (χ1) is 10.9. The molecule has 0 spiro atoms. The minimum Gasteiger partial charge on any atom is -0.493 e. The van der Waals surface area contributed by atoms with Crippen molar-refractivity contribution < 1.29 is 14.6 Å². The highest BCUT2D eigenvalue weighted by Crippen LogP contribution is 2.32. The summed E-state index contributed by atoms with van der Waals surface area (Å²) in [7, 11) is 0. The molecule has 1 aromatic heterocycles. The summed E-state index contributed by atoms with van der Waals surface area (Å²) in [4.78, 5) is 4.75. The van der Waals surface area contributed by atoms with Crippen LogP contribution in [0.5, 0.6) is 5.75 Å². The maximum atomic E-state index is 9.46. The molecule has 2 aromatic rings. The fourth-order valence-corrected chi connectivity index (χ4v) is 3.36. The zero-order valence-corrected chi connectivity index (χ0v) is 14.7. The van der Waals surface area contributed by atoms with Gasteiger partial charge < -0.3 is 14.6 Å². The number of aliphatic hydroxyl groups is 1. The van der Waals surface area contributed by atoms with Crippen molar-refractivity contribution in [2.45, 2.75) is 26.2 Å². The van der Waals surface area contributed by atoms with E-state index in [0.717, 1.165) is 22.0 Å². The highest BCUT2D eigenvalue weighted by molar-refractivity contribution is 7.13. The highest BCUT2D eigenvalue weighted by atomic mass is 32.1. The van der Waals surface area contributed by atoms with E-state index in [1.807, 2.05) is 24.3 Å². The van der Waals surface area contributed by atoms with E-state index < -0.39 is 0 Å². The van der Waals surface area contributed by atoms with Gasteiger partial charge in [-0.2, -0.15) is 0 Å². The van der Waals surface area contributed by atoms with Gasteiger partial charge in [0.05, 0.1) is 30.9 Å². The summed E-state index contributed by atoms with van der Waals surface area (Å²) in [5.41, 5.74) is 1.98. The summed E-state index contributed by atoms with van der Waals surface area (Å²) < 4.78 is 11.1. The van der Waals surface area contributed by atoms with Crippen LogP contribution in [0.1, 0.15) is 26.5 Å². The summed E-state index contributed by atoms with van der Waals surface area (Å²) in [6.45, 7) is 8.18. The van der Waals surface area contributed by atoms with Gasteiger partial charge in [-0.25, -0.2) is 4.98 Å². The second-order valence-corrected chi connectivity index (χ2v) is 8.11. The number of aliphatic hydroxyl groups excluding tert-OH is 1. The number of rotatable bonds is 5. The third-order valence-electron chi connectivity index (χ3n) is 4.05. The number of thiazole rings is 1. The summed E-state index contributed by atoms with van der Waals surface area (Å²) in [6.07, 6.45) is 0. The molecular formula is C18H23NO3S. The Balaban J connectivity index is 1.73. The summed E-state index contributed by atoms with van der Waals surface area (Å²) in [5, 5.41) is 12.6. The molecule has 0 aliphatic carbocycles. The van der Waals surface area contributed by atoms with Gasteiger partial charge in [0.25, 0.3) is 0 Å². The van der Waals surface area contributed by atoms with Gasteiger partial charge in [-0.15, -0.1) is 11.3 Å². The maximum Gasteiger partial charge on any atom is 0.123 e. The number of hydrogen-bond donors (Lipinski definition) is 1. The van der Waals surface area contributed by atoms with E-state index in [4.69, 9.17) is 14.5 Å². The average molecular weight is 333 g/mol. The van der Waals surface area contributed by atoms with Gasteiger partial charge in [0.2, 0.25) is 0 Å². The summed E-state index contributed by atoms with van der Waals surface area (Å²) in [5.74, 6) is 0.801. The predicted molar refractivity (Wildman–Crippen MR) is 92.1 cm³/mol. The van der Waals surface area contributed by atoms with Gasteiger partial charge in [-0.1, -0.05) is 32.9 Å². The van der Waals surface area contributed by atoms with E-state index in [1.165, 1.54) is 0 Å². The molecule has 1 aliphatic rings. The lowest BCUT2D eigenvalue weighted by Crippen LogP contribution is -2.49. The van der Waals surface area contributed by atoms with Gasteiger partial charge >= 0.3 is 0 Å². The van der Waals surface area contributed by atoms with Crippen molar-refractivity contribution in [2.24, 2.45) is 5.41 Å². The first-order valence-electron chi connectivity index (χ1n) is 7.80. The largest absolute Gasteiger partial charge is 0.493 e. The number of nitrogens with zero attached hydrogens (tertiary/aromatic N) is 1. The van der Waals surface area contributed by atoms with Gasteiger partial charge in [0.15, 0.2) is 0 Å². The van der Waals surface area contributed by atoms with E-state index >= 15 is 0 Å². The molecule has 0 atom stereocenters. The lowest BCUT2D eigenvalue weighted by molar-refractivity contribution is -0.153. The molecule has 0 bridgehead atoms. The quantitative estimate of drug-likeness (QED) is 0.910. The minimum atomic E-state index is -0.239. The van der Waals surface area contributed by atoms with Crippen molar-refractivity contribution in [3.05, 3.63) is 35.3 Å². The fourth-order valence-electron chi connectivity index (χ4n) is 2.32. The van der Waals surface area contributed by atoms with Crippen LogP contribution in [0.25, 0.3) is 10.6 Å². The number of aromatic nitrogens is 1. The van der Waals surface area contributed by atoms with E-state index in [9.17, 15) is 5.11 Å². The molecule has 1 saturated heterocycles. The smallest absolute Gasteiger partial charge is 0.123 e. The fraction of sp³-hybridized carbons (Fsp3) is 0.500. The Morgan fingerprint density at radius 2 is 2.13 bits per heavy atom.